The van der Waals surface area contributed by atoms with Gasteiger partial charge in [-0.1, -0.05) is 70.2 Å². The van der Waals surface area contributed by atoms with E-state index in [9.17, 15) is 58.2 Å². The number of aromatic hydroxyl groups is 1. The van der Waals surface area contributed by atoms with Gasteiger partial charge in [-0.25, -0.2) is 0 Å². The number of nitrogens with zero attached hydrogens (tertiary/aromatic N) is 1. The van der Waals surface area contributed by atoms with Crippen LogP contribution in [0.5, 0.6) is 5.75 Å². The van der Waals surface area contributed by atoms with Crippen LogP contribution in [0.3, 0.4) is 0 Å². The summed E-state index contributed by atoms with van der Waals surface area (Å²) in [6, 6.07) is 4.60. The van der Waals surface area contributed by atoms with Crippen molar-refractivity contribution in [2.45, 2.75) is 128 Å². The number of nitrogens with two attached hydrogens (primary N) is 2. The first-order valence-electron chi connectivity index (χ1n) is 22.5. The van der Waals surface area contributed by atoms with Crippen LogP contribution in [-0.4, -0.2) is 136 Å². The van der Waals surface area contributed by atoms with E-state index in [1.165, 1.54) is 30.9 Å². The lowest BCUT2D eigenvalue weighted by molar-refractivity contribution is -0.140. The lowest BCUT2D eigenvalue weighted by Gasteiger charge is -2.29. The number of primary amides is 1. The summed E-state index contributed by atoms with van der Waals surface area (Å²) in [5.74, 6) is -9.21. The average Bonchev–Trinajstić information content (AvgIpc) is 3.78. The zero-order chi connectivity index (χ0) is 50.8. The first-order valence-corrected chi connectivity index (χ1v) is 22.5. The highest BCUT2D eigenvalue weighted by Crippen LogP contribution is 2.19. The van der Waals surface area contributed by atoms with Crippen molar-refractivity contribution in [3.63, 3.8) is 0 Å². The van der Waals surface area contributed by atoms with Gasteiger partial charge in [0.1, 0.15) is 48.0 Å². The zero-order valence-electron chi connectivity index (χ0n) is 39.2. The van der Waals surface area contributed by atoms with Crippen molar-refractivity contribution in [3.05, 3.63) is 65.7 Å². The number of carboxylic acid groups (broad SMARTS) is 1. The highest BCUT2D eigenvalue weighted by molar-refractivity contribution is 5.98. The molecule has 22 heteroatoms. The molecule has 9 amide bonds. The molecule has 8 atom stereocenters. The van der Waals surface area contributed by atoms with E-state index in [4.69, 9.17) is 11.5 Å². The number of phenolic OH excluding ortho intramolecular Hbond substituents is 1. The van der Waals surface area contributed by atoms with Gasteiger partial charge < -0.3 is 63.8 Å². The zero-order valence-corrected chi connectivity index (χ0v) is 39.2. The summed E-state index contributed by atoms with van der Waals surface area (Å²) in [4.78, 5) is 133. The van der Waals surface area contributed by atoms with Crippen LogP contribution >= 0.6 is 0 Å². The van der Waals surface area contributed by atoms with Crippen LogP contribution in [0, 0.1) is 11.8 Å². The molecule has 0 aromatic heterocycles. The second-order valence-corrected chi connectivity index (χ2v) is 17.5. The van der Waals surface area contributed by atoms with E-state index in [-0.39, 0.29) is 18.6 Å². The van der Waals surface area contributed by atoms with Gasteiger partial charge >= 0.3 is 5.97 Å². The normalized spacial score (nSPS) is 16.4. The topological polar surface area (TPSA) is 351 Å². The Kier molecular flexibility index (Phi) is 21.4. The smallest absolute Gasteiger partial charge is 0.303 e. The fraction of sp³-hybridized carbons (Fsp3) is 0.522. The monoisotopic (exact) mass is 950 g/mol. The number of rotatable bonds is 25. The molecule has 2 aromatic rings. The minimum Gasteiger partial charge on any atom is -0.508 e. The number of nitrogens with one attached hydrogen (secondary N) is 7. The largest absolute Gasteiger partial charge is 0.508 e. The first kappa shape index (κ1) is 55.2. The van der Waals surface area contributed by atoms with Gasteiger partial charge in [0.15, 0.2) is 0 Å². The van der Waals surface area contributed by atoms with E-state index in [0.717, 1.165) is 0 Å². The number of phenols is 1. The molecule has 0 aliphatic carbocycles. The number of hydrogen-bond donors (Lipinski definition) is 11. The molecule has 0 saturated carbocycles. The van der Waals surface area contributed by atoms with Crippen LogP contribution in [0.2, 0.25) is 0 Å². The third-order valence-corrected chi connectivity index (χ3v) is 11.1. The Morgan fingerprint density at radius 2 is 1.16 bits per heavy atom. The van der Waals surface area contributed by atoms with Crippen molar-refractivity contribution in [3.8, 4) is 5.75 Å². The van der Waals surface area contributed by atoms with Crippen molar-refractivity contribution in [1.29, 1.82) is 0 Å². The molecule has 13 N–H and O–H groups in total. The van der Waals surface area contributed by atoms with Crippen LogP contribution in [-0.2, 0) is 60.8 Å². The van der Waals surface area contributed by atoms with E-state index >= 15 is 0 Å². The van der Waals surface area contributed by atoms with E-state index < -0.39 is 139 Å². The van der Waals surface area contributed by atoms with Gasteiger partial charge in [-0.05, 0) is 68.2 Å². The Morgan fingerprint density at radius 1 is 0.647 bits per heavy atom. The summed E-state index contributed by atoms with van der Waals surface area (Å²) in [6.45, 7) is 9.17. The quantitative estimate of drug-likeness (QED) is 0.0526. The molecule has 0 bridgehead atoms. The maximum atomic E-state index is 14.1. The SMILES string of the molecule is CC(C)[C@H](NC(=O)[C@H](CCC(=O)O)NC(=O)[C@H](Cc1ccccc1)NC(=O)[C@@H](C)NC(=O)[C@H](Cc1ccc(O)cc1)NC(=O)[C@@H]1CCCN1C(=O)[C@H](C)N)C(=O)N[C@H](C(=O)NCC(N)=O)C(C)C. The summed E-state index contributed by atoms with van der Waals surface area (Å²) in [6.07, 6.45) is -0.378. The molecule has 1 saturated heterocycles. The summed E-state index contributed by atoms with van der Waals surface area (Å²) >= 11 is 0. The van der Waals surface area contributed by atoms with Gasteiger partial charge in [0.25, 0.3) is 0 Å². The minimum absolute atomic E-state index is 0.0341. The molecular weight excluding hydrogens is 885 g/mol. The fourth-order valence-electron chi connectivity index (χ4n) is 7.30. The van der Waals surface area contributed by atoms with E-state index in [0.29, 0.717) is 30.5 Å². The van der Waals surface area contributed by atoms with Gasteiger partial charge in [-0.3, -0.25) is 47.9 Å². The molecule has 1 aliphatic rings. The maximum Gasteiger partial charge on any atom is 0.303 e. The molecule has 68 heavy (non-hydrogen) atoms. The first-order chi connectivity index (χ1) is 32.0. The summed E-state index contributed by atoms with van der Waals surface area (Å²) in [5.41, 5.74) is 12.1. The second-order valence-electron chi connectivity index (χ2n) is 17.5. The number of aliphatic carboxylic acids is 1. The Morgan fingerprint density at radius 3 is 1.72 bits per heavy atom. The van der Waals surface area contributed by atoms with Crippen LogP contribution < -0.4 is 48.7 Å². The second kappa shape index (κ2) is 26.3. The van der Waals surface area contributed by atoms with Gasteiger partial charge in [0.2, 0.25) is 53.2 Å². The van der Waals surface area contributed by atoms with Gasteiger partial charge in [0.05, 0.1) is 12.6 Å². The van der Waals surface area contributed by atoms with Crippen molar-refractivity contribution < 1.29 is 58.2 Å². The van der Waals surface area contributed by atoms with E-state index in [1.54, 1.807) is 70.2 Å². The Hall–Kier alpha value is -7.10. The lowest BCUT2D eigenvalue weighted by atomic mass is 9.99. The van der Waals surface area contributed by atoms with Crippen molar-refractivity contribution in [1.82, 2.24) is 42.1 Å². The molecule has 1 fully saturated rings. The molecule has 372 valence electrons. The Balaban J connectivity index is 1.85. The number of carboxylic acids is 1. The van der Waals surface area contributed by atoms with E-state index in [1.807, 2.05) is 0 Å². The van der Waals surface area contributed by atoms with Crippen LogP contribution in [0.4, 0.5) is 0 Å². The Bertz CT molecular complexity index is 2120. The van der Waals surface area contributed by atoms with Crippen LogP contribution in [0.1, 0.15) is 78.4 Å². The number of hydrogen-bond acceptors (Lipinski definition) is 12. The highest BCUT2D eigenvalue weighted by atomic mass is 16.4. The van der Waals surface area contributed by atoms with Gasteiger partial charge in [0, 0.05) is 25.8 Å². The number of carbonyl (C=O) groups excluding carboxylic acids is 9. The van der Waals surface area contributed by atoms with Crippen LogP contribution in [0.25, 0.3) is 0 Å². The maximum absolute atomic E-state index is 14.1. The predicted molar refractivity (Wildman–Crippen MR) is 246 cm³/mol. The average molecular weight is 951 g/mol. The van der Waals surface area contributed by atoms with Crippen molar-refractivity contribution in [2.24, 2.45) is 23.3 Å². The lowest BCUT2D eigenvalue weighted by Crippen LogP contribution is -2.61. The third kappa shape index (κ3) is 17.3. The predicted octanol–water partition coefficient (Wildman–Crippen LogP) is -1.78. The molecule has 22 nitrogen and oxygen atoms in total. The van der Waals surface area contributed by atoms with Crippen molar-refractivity contribution >= 4 is 59.1 Å². The van der Waals surface area contributed by atoms with Crippen molar-refractivity contribution in [2.75, 3.05) is 13.1 Å². The molecule has 2 aromatic carbocycles. The molecule has 0 unspecified atom stereocenters. The standard InChI is InChI=1S/C46H66N10O12/c1-24(2)37(44(66)49-23-35(48)58)55-45(67)38(25(3)4)54-40(62)31(18-19-36(59)60)51-42(64)33(21-28-11-8-7-9-12-28)52-39(61)27(6)50-41(63)32(22-29-14-16-30(57)17-15-29)53-43(65)34-13-10-20-56(34)46(68)26(5)47/h7-9,11-12,14-17,24-27,31-34,37-38,57H,10,13,18-23,47H2,1-6H3,(H2,48,58)(H,49,66)(H,50,63)(H,51,64)(H,52,61)(H,53,65)(H,54,62)(H,55,67)(H,59,60)/t26-,27+,31-,32-,33-,34-,37-,38-/m0/s1. The molecular formula is C46H66N10O12. The highest BCUT2D eigenvalue weighted by Gasteiger charge is 2.38. The molecule has 1 heterocycles. The summed E-state index contributed by atoms with van der Waals surface area (Å²) in [5, 5.41) is 37.3. The summed E-state index contributed by atoms with van der Waals surface area (Å²) in [7, 11) is 0. The molecule has 0 radical (unpaired) electrons. The van der Waals surface area contributed by atoms with E-state index in [2.05, 4.69) is 37.2 Å². The number of amides is 9. The summed E-state index contributed by atoms with van der Waals surface area (Å²) < 4.78 is 0. The van der Waals surface area contributed by atoms with Gasteiger partial charge in [-0.2, -0.15) is 0 Å². The number of benzene rings is 2. The molecule has 3 rings (SSSR count). The van der Waals surface area contributed by atoms with Crippen LogP contribution in [0.15, 0.2) is 54.6 Å². The fourth-order valence-corrected chi connectivity index (χ4v) is 7.30. The molecule has 0 spiro atoms. The molecule has 1 aliphatic heterocycles. The number of likely N-dealkylation sites (tertiary alicyclic amines) is 1. The number of carbonyl (C=O) groups is 10. The minimum atomic E-state index is -1.55. The third-order valence-electron chi connectivity index (χ3n) is 11.1. The van der Waals surface area contributed by atoms with Gasteiger partial charge in [-0.15, -0.1) is 0 Å². The Labute approximate surface area is 394 Å².